The quantitative estimate of drug-likeness (QED) is 0.0834. The Morgan fingerprint density at radius 3 is 0.490 bits per heavy atom. The fourth-order valence-electron chi connectivity index (χ4n) is 3.54. The van der Waals surface area contributed by atoms with Crippen LogP contribution in [0.4, 0.5) is 0 Å². The van der Waals surface area contributed by atoms with E-state index < -0.39 is 0 Å². The van der Waals surface area contributed by atoms with Crippen LogP contribution in [-0.4, -0.2) is 226 Å². The molecule has 0 heterocycles. The highest BCUT2D eigenvalue weighted by Crippen LogP contribution is 1.87. The summed E-state index contributed by atoms with van der Waals surface area (Å²) >= 11 is 0. The Morgan fingerprint density at radius 1 is 0.196 bits per heavy atom. The number of rotatable bonds is 48. The van der Waals surface area contributed by atoms with Gasteiger partial charge in [0.1, 0.15) is 0 Å². The molecule has 0 spiro atoms. The van der Waals surface area contributed by atoms with E-state index in [9.17, 15) is 0 Å². The lowest BCUT2D eigenvalue weighted by Crippen LogP contribution is -2.25. The lowest BCUT2D eigenvalue weighted by Gasteiger charge is -2.09. The molecule has 0 aliphatic heterocycles. The molecule has 0 atom stereocenters. The van der Waals surface area contributed by atoms with E-state index in [1.165, 1.54) is 0 Å². The zero-order valence-corrected chi connectivity index (χ0v) is 31.7. The molecule has 0 radical (unpaired) electrons. The molecule has 0 unspecified atom stereocenters. The third-order valence-electron chi connectivity index (χ3n) is 6.17. The van der Waals surface area contributed by atoms with Gasteiger partial charge in [0.25, 0.3) is 0 Å². The molecule has 1 N–H and O–H groups in total. The fourth-order valence-corrected chi connectivity index (χ4v) is 3.54. The highest BCUT2D eigenvalue weighted by Gasteiger charge is 1.97. The lowest BCUT2D eigenvalue weighted by atomic mass is 10.6. The number of methoxy groups -OCH3 is 2. The van der Waals surface area contributed by atoms with Crippen LogP contribution in [0.2, 0.25) is 0 Å². The minimum Gasteiger partial charge on any atom is -0.382 e. The Balaban J connectivity index is 3.04. The maximum Gasteiger partial charge on any atom is 0.0701 e. The summed E-state index contributed by atoms with van der Waals surface area (Å²) in [6, 6.07) is 0. The summed E-state index contributed by atoms with van der Waals surface area (Å²) in [5.41, 5.74) is 0. The van der Waals surface area contributed by atoms with Gasteiger partial charge in [-0.25, -0.2) is 0 Å². The van der Waals surface area contributed by atoms with Gasteiger partial charge in [-0.15, -0.1) is 0 Å². The van der Waals surface area contributed by atoms with E-state index in [0.29, 0.717) is 198 Å². The van der Waals surface area contributed by atoms with Crippen molar-refractivity contribution in [2.45, 2.75) is 0 Å². The first kappa shape index (κ1) is 50.3. The summed E-state index contributed by atoms with van der Waals surface area (Å²) in [5, 5.41) is 3.28. The number of hydrogen-bond donors (Lipinski definition) is 1. The Kier molecular flexibility index (Phi) is 48.7. The van der Waals surface area contributed by atoms with Gasteiger partial charge in [0.15, 0.2) is 0 Å². The minimum atomic E-state index is 0.518. The molecular formula is C34H71NO16. The predicted octanol–water partition coefficient (Wildman–Crippen LogP) is 0.101. The van der Waals surface area contributed by atoms with Gasteiger partial charge in [-0.05, 0) is 0 Å². The molecule has 0 aromatic heterocycles. The molecule has 0 fully saturated rings. The van der Waals surface area contributed by atoms with Gasteiger partial charge < -0.3 is 81.1 Å². The molecule has 51 heavy (non-hydrogen) atoms. The highest BCUT2D eigenvalue weighted by molar-refractivity contribution is 4.46. The van der Waals surface area contributed by atoms with Crippen LogP contribution in [0, 0.1) is 0 Å². The van der Waals surface area contributed by atoms with E-state index >= 15 is 0 Å². The van der Waals surface area contributed by atoms with E-state index in [2.05, 4.69) is 5.32 Å². The summed E-state index contributed by atoms with van der Waals surface area (Å²) < 4.78 is 86.1. The zero-order valence-electron chi connectivity index (χ0n) is 31.7. The van der Waals surface area contributed by atoms with Crippen molar-refractivity contribution >= 4 is 0 Å². The average Bonchev–Trinajstić information content (AvgIpc) is 3.14. The summed E-state index contributed by atoms with van der Waals surface area (Å²) in [4.78, 5) is 0. The van der Waals surface area contributed by atoms with Crippen molar-refractivity contribution in [3.05, 3.63) is 0 Å². The molecule has 0 bridgehead atoms. The Morgan fingerprint density at radius 2 is 0.333 bits per heavy atom. The van der Waals surface area contributed by atoms with Gasteiger partial charge in [0.2, 0.25) is 0 Å². The molecule has 0 saturated carbocycles. The predicted molar refractivity (Wildman–Crippen MR) is 188 cm³/mol. The van der Waals surface area contributed by atoms with E-state index in [1.54, 1.807) is 14.2 Å². The number of nitrogens with one attached hydrogen (secondary N) is 1. The molecule has 0 aromatic rings. The monoisotopic (exact) mass is 749 g/mol. The van der Waals surface area contributed by atoms with Crippen LogP contribution in [0.1, 0.15) is 0 Å². The third-order valence-corrected chi connectivity index (χ3v) is 6.17. The zero-order chi connectivity index (χ0) is 36.6. The van der Waals surface area contributed by atoms with Crippen LogP contribution in [0.15, 0.2) is 0 Å². The van der Waals surface area contributed by atoms with Crippen LogP contribution < -0.4 is 5.32 Å². The maximum atomic E-state index is 5.55. The first-order valence-corrected chi connectivity index (χ1v) is 18.2. The van der Waals surface area contributed by atoms with Gasteiger partial charge in [0, 0.05) is 27.3 Å². The summed E-state index contributed by atoms with van der Waals surface area (Å²) in [7, 11) is 3.29. The average molecular weight is 750 g/mol. The van der Waals surface area contributed by atoms with Crippen molar-refractivity contribution in [2.75, 3.05) is 226 Å². The standard InChI is InChI=1S/C34H71NO16/c1-36-7-9-40-15-17-44-23-25-48-31-33-50-29-27-46-21-19-42-13-11-38-5-3-35-4-6-39-12-14-43-20-22-47-28-30-51-34-32-49-26-24-45-18-16-41-10-8-37-2/h35H,3-34H2,1-2H3. The van der Waals surface area contributed by atoms with Crippen molar-refractivity contribution in [1.29, 1.82) is 0 Å². The van der Waals surface area contributed by atoms with E-state index in [0.717, 1.165) is 13.1 Å². The Labute approximate surface area is 306 Å². The molecule has 0 aliphatic rings. The van der Waals surface area contributed by atoms with Crippen LogP contribution in [0.3, 0.4) is 0 Å². The molecule has 17 heteroatoms. The van der Waals surface area contributed by atoms with Crippen molar-refractivity contribution in [1.82, 2.24) is 5.32 Å². The topological polar surface area (TPSA) is 160 Å². The van der Waals surface area contributed by atoms with Crippen molar-refractivity contribution in [3.63, 3.8) is 0 Å². The van der Waals surface area contributed by atoms with Crippen LogP contribution in [0.5, 0.6) is 0 Å². The second-order valence-corrected chi connectivity index (χ2v) is 10.3. The van der Waals surface area contributed by atoms with Gasteiger partial charge in [-0.2, -0.15) is 0 Å². The van der Waals surface area contributed by atoms with Gasteiger partial charge in [-0.1, -0.05) is 0 Å². The normalized spacial score (nSPS) is 11.6. The molecule has 0 amide bonds. The van der Waals surface area contributed by atoms with Crippen LogP contribution >= 0.6 is 0 Å². The second-order valence-electron chi connectivity index (χ2n) is 10.3. The van der Waals surface area contributed by atoms with Crippen molar-refractivity contribution < 1.29 is 75.8 Å². The van der Waals surface area contributed by atoms with E-state index in [4.69, 9.17) is 75.8 Å². The molecule has 308 valence electrons. The first-order valence-electron chi connectivity index (χ1n) is 18.2. The maximum absolute atomic E-state index is 5.55. The van der Waals surface area contributed by atoms with Crippen molar-refractivity contribution in [3.8, 4) is 0 Å². The lowest BCUT2D eigenvalue weighted by molar-refractivity contribution is -0.0224. The molecule has 0 aliphatic carbocycles. The second kappa shape index (κ2) is 49.3. The van der Waals surface area contributed by atoms with Crippen molar-refractivity contribution in [2.24, 2.45) is 0 Å². The van der Waals surface area contributed by atoms with Crippen LogP contribution in [-0.2, 0) is 75.8 Å². The summed E-state index contributed by atoms with van der Waals surface area (Å²) in [5.74, 6) is 0. The minimum absolute atomic E-state index is 0.518. The SMILES string of the molecule is COCCOCCOCCOCCOCCOCCOCCOCCNCCOCCOCCOCCOCCOCCOCCOCCOC. The van der Waals surface area contributed by atoms with Gasteiger partial charge in [0.05, 0.1) is 198 Å². The molecule has 0 aromatic carbocycles. The van der Waals surface area contributed by atoms with Gasteiger partial charge in [-0.3, -0.25) is 0 Å². The van der Waals surface area contributed by atoms with E-state index in [-0.39, 0.29) is 0 Å². The summed E-state index contributed by atoms with van der Waals surface area (Å²) in [6.45, 7) is 17.8. The smallest absolute Gasteiger partial charge is 0.0701 e. The fraction of sp³-hybridized carbons (Fsp3) is 1.00. The number of hydrogen-bond acceptors (Lipinski definition) is 17. The Bertz CT molecular complexity index is 555. The molecule has 0 rings (SSSR count). The van der Waals surface area contributed by atoms with Crippen LogP contribution in [0.25, 0.3) is 0 Å². The summed E-state index contributed by atoms with van der Waals surface area (Å²) in [6.07, 6.45) is 0. The molecule has 17 nitrogen and oxygen atoms in total. The first-order chi connectivity index (χ1) is 25.4. The van der Waals surface area contributed by atoms with E-state index in [1.807, 2.05) is 0 Å². The number of ether oxygens (including phenoxy) is 16. The molecular weight excluding hydrogens is 678 g/mol. The highest BCUT2D eigenvalue weighted by atomic mass is 16.6. The largest absolute Gasteiger partial charge is 0.382 e. The third kappa shape index (κ3) is 49.3. The van der Waals surface area contributed by atoms with Gasteiger partial charge >= 0.3 is 0 Å². The molecule has 0 saturated heterocycles. The Hall–Kier alpha value is -0.680.